The van der Waals surface area contributed by atoms with Crippen LogP contribution in [0.5, 0.6) is 11.5 Å². The Morgan fingerprint density at radius 2 is 2.09 bits per heavy atom. The molecule has 5 nitrogen and oxygen atoms in total. The molecule has 0 aliphatic carbocycles. The van der Waals surface area contributed by atoms with Crippen LogP contribution in [0.25, 0.3) is 0 Å². The van der Waals surface area contributed by atoms with Crippen molar-refractivity contribution in [2.45, 2.75) is 45.6 Å². The third-order valence-electron chi connectivity index (χ3n) is 3.42. The molecular formula is C17H24BrNO4. The number of aldehydes is 1. The first-order valence-corrected chi connectivity index (χ1v) is 8.56. The summed E-state index contributed by atoms with van der Waals surface area (Å²) >= 11 is 3.28. The Morgan fingerprint density at radius 3 is 2.70 bits per heavy atom. The number of unbranched alkanes of at least 4 members (excludes halogenated alkanes) is 2. The lowest BCUT2D eigenvalue weighted by molar-refractivity contribution is -0.123. The number of hydrogen-bond acceptors (Lipinski definition) is 4. The first kappa shape index (κ1) is 19.5. The standard InChI is InChI=1S/C17H24BrNO4/c1-4-5-6-7-12(2)19-17(21)11-23-16-8-13(10-20)14(18)9-15(16)22-3/h8-10,12H,4-7,11H2,1-3H3,(H,19,21)/t12-/m0/s1. The van der Waals surface area contributed by atoms with Gasteiger partial charge in [-0.2, -0.15) is 0 Å². The highest BCUT2D eigenvalue weighted by Crippen LogP contribution is 2.32. The van der Waals surface area contributed by atoms with Gasteiger partial charge >= 0.3 is 0 Å². The highest BCUT2D eigenvalue weighted by molar-refractivity contribution is 9.10. The van der Waals surface area contributed by atoms with Crippen LogP contribution in [0.2, 0.25) is 0 Å². The van der Waals surface area contributed by atoms with Gasteiger partial charge in [0.15, 0.2) is 24.4 Å². The molecule has 0 aliphatic rings. The molecule has 1 atom stereocenters. The van der Waals surface area contributed by atoms with Crippen LogP contribution in [0.15, 0.2) is 16.6 Å². The Balaban J connectivity index is 2.56. The van der Waals surface area contributed by atoms with Gasteiger partial charge in [0.2, 0.25) is 0 Å². The fraction of sp³-hybridized carbons (Fsp3) is 0.529. The van der Waals surface area contributed by atoms with Gasteiger partial charge in [-0.3, -0.25) is 9.59 Å². The number of nitrogens with one attached hydrogen (secondary N) is 1. The minimum atomic E-state index is -0.188. The van der Waals surface area contributed by atoms with E-state index < -0.39 is 0 Å². The topological polar surface area (TPSA) is 64.6 Å². The quantitative estimate of drug-likeness (QED) is 0.492. The van der Waals surface area contributed by atoms with E-state index in [2.05, 4.69) is 28.2 Å². The Labute approximate surface area is 145 Å². The van der Waals surface area contributed by atoms with Crippen LogP contribution in [0.1, 0.15) is 49.9 Å². The van der Waals surface area contributed by atoms with Crippen molar-refractivity contribution in [2.75, 3.05) is 13.7 Å². The second-order valence-electron chi connectivity index (χ2n) is 5.40. The van der Waals surface area contributed by atoms with E-state index in [-0.39, 0.29) is 18.6 Å². The van der Waals surface area contributed by atoms with Gasteiger partial charge in [0.25, 0.3) is 5.91 Å². The van der Waals surface area contributed by atoms with Gasteiger partial charge in [0.05, 0.1) is 7.11 Å². The van der Waals surface area contributed by atoms with E-state index in [1.807, 2.05) is 6.92 Å². The van der Waals surface area contributed by atoms with Crippen molar-refractivity contribution in [3.05, 3.63) is 22.2 Å². The zero-order chi connectivity index (χ0) is 17.2. The highest BCUT2D eigenvalue weighted by atomic mass is 79.9. The van der Waals surface area contributed by atoms with Crippen LogP contribution in [0, 0.1) is 0 Å². The number of amides is 1. The SMILES string of the molecule is CCCCC[C@H](C)NC(=O)COc1cc(C=O)c(Br)cc1OC. The Bertz CT molecular complexity index is 534. The van der Waals surface area contributed by atoms with Gasteiger partial charge in [0.1, 0.15) is 0 Å². The van der Waals surface area contributed by atoms with Crippen molar-refractivity contribution in [2.24, 2.45) is 0 Å². The van der Waals surface area contributed by atoms with Crippen molar-refractivity contribution >= 4 is 28.1 Å². The molecule has 1 N–H and O–H groups in total. The molecule has 0 aromatic heterocycles. The minimum Gasteiger partial charge on any atom is -0.493 e. The van der Waals surface area contributed by atoms with Crippen LogP contribution in [-0.2, 0) is 4.79 Å². The number of benzene rings is 1. The molecule has 1 rings (SSSR count). The average molecular weight is 386 g/mol. The number of methoxy groups -OCH3 is 1. The second kappa shape index (κ2) is 10.3. The van der Waals surface area contributed by atoms with E-state index in [0.29, 0.717) is 27.8 Å². The summed E-state index contributed by atoms with van der Waals surface area (Å²) in [5.74, 6) is 0.643. The fourth-order valence-corrected chi connectivity index (χ4v) is 2.56. The number of rotatable bonds is 10. The summed E-state index contributed by atoms with van der Waals surface area (Å²) in [6, 6.07) is 3.31. The summed E-state index contributed by atoms with van der Waals surface area (Å²) in [7, 11) is 1.51. The Kier molecular flexibility index (Phi) is 8.69. The van der Waals surface area contributed by atoms with Crippen LogP contribution in [-0.4, -0.2) is 32.0 Å². The van der Waals surface area contributed by atoms with E-state index in [1.54, 1.807) is 12.1 Å². The predicted molar refractivity (Wildman–Crippen MR) is 93.3 cm³/mol. The fourth-order valence-electron chi connectivity index (χ4n) is 2.15. The molecular weight excluding hydrogens is 362 g/mol. The Morgan fingerprint density at radius 1 is 1.35 bits per heavy atom. The molecule has 0 unspecified atom stereocenters. The van der Waals surface area contributed by atoms with E-state index in [4.69, 9.17) is 9.47 Å². The molecule has 1 aromatic carbocycles. The second-order valence-corrected chi connectivity index (χ2v) is 6.25. The Hall–Kier alpha value is -1.56. The molecule has 0 radical (unpaired) electrons. The lowest BCUT2D eigenvalue weighted by atomic mass is 10.1. The number of carbonyl (C=O) groups is 2. The van der Waals surface area contributed by atoms with Crippen LogP contribution >= 0.6 is 15.9 Å². The number of halogens is 1. The summed E-state index contributed by atoms with van der Waals surface area (Å²) in [5, 5.41) is 2.90. The highest BCUT2D eigenvalue weighted by Gasteiger charge is 2.13. The van der Waals surface area contributed by atoms with Crippen LogP contribution in [0.4, 0.5) is 0 Å². The molecule has 1 aromatic rings. The van der Waals surface area contributed by atoms with Gasteiger partial charge < -0.3 is 14.8 Å². The number of ether oxygens (including phenoxy) is 2. The molecule has 0 saturated carbocycles. The molecule has 128 valence electrons. The first-order valence-electron chi connectivity index (χ1n) is 7.76. The zero-order valence-electron chi connectivity index (χ0n) is 13.9. The summed E-state index contributed by atoms with van der Waals surface area (Å²) in [6.45, 7) is 4.02. The average Bonchev–Trinajstić information content (AvgIpc) is 2.53. The molecule has 0 spiro atoms. The summed E-state index contributed by atoms with van der Waals surface area (Å²) < 4.78 is 11.3. The molecule has 0 fully saturated rings. The van der Waals surface area contributed by atoms with Gasteiger partial charge in [-0.1, -0.05) is 26.2 Å². The molecule has 0 saturated heterocycles. The first-order chi connectivity index (χ1) is 11.0. The van der Waals surface area contributed by atoms with Gasteiger partial charge in [0, 0.05) is 16.1 Å². The maximum atomic E-state index is 11.9. The van der Waals surface area contributed by atoms with E-state index in [9.17, 15) is 9.59 Å². The van der Waals surface area contributed by atoms with Crippen molar-refractivity contribution in [1.82, 2.24) is 5.32 Å². The lowest BCUT2D eigenvalue weighted by Crippen LogP contribution is -2.36. The summed E-state index contributed by atoms with van der Waals surface area (Å²) in [5.41, 5.74) is 0.439. The zero-order valence-corrected chi connectivity index (χ0v) is 15.4. The maximum absolute atomic E-state index is 11.9. The summed E-state index contributed by atoms with van der Waals surface area (Å²) in [4.78, 5) is 22.9. The largest absolute Gasteiger partial charge is 0.493 e. The number of hydrogen-bond donors (Lipinski definition) is 1. The van der Waals surface area contributed by atoms with E-state index in [0.717, 1.165) is 19.3 Å². The number of carbonyl (C=O) groups excluding carboxylic acids is 2. The smallest absolute Gasteiger partial charge is 0.258 e. The van der Waals surface area contributed by atoms with Gasteiger partial charge in [-0.05, 0) is 41.4 Å². The van der Waals surface area contributed by atoms with Crippen molar-refractivity contribution in [3.8, 4) is 11.5 Å². The van der Waals surface area contributed by atoms with Crippen molar-refractivity contribution in [3.63, 3.8) is 0 Å². The third-order valence-corrected chi connectivity index (χ3v) is 4.10. The minimum absolute atomic E-state index is 0.117. The van der Waals surface area contributed by atoms with E-state index in [1.165, 1.54) is 13.5 Å². The normalized spacial score (nSPS) is 11.7. The molecule has 0 aliphatic heterocycles. The van der Waals surface area contributed by atoms with Crippen molar-refractivity contribution < 1.29 is 19.1 Å². The van der Waals surface area contributed by atoms with Crippen molar-refractivity contribution in [1.29, 1.82) is 0 Å². The van der Waals surface area contributed by atoms with Gasteiger partial charge in [-0.25, -0.2) is 0 Å². The van der Waals surface area contributed by atoms with Crippen LogP contribution in [0.3, 0.4) is 0 Å². The monoisotopic (exact) mass is 385 g/mol. The lowest BCUT2D eigenvalue weighted by Gasteiger charge is -2.15. The van der Waals surface area contributed by atoms with Crippen LogP contribution < -0.4 is 14.8 Å². The maximum Gasteiger partial charge on any atom is 0.258 e. The summed E-state index contributed by atoms with van der Waals surface area (Å²) in [6.07, 6.45) is 5.10. The predicted octanol–water partition coefficient (Wildman–Crippen LogP) is 3.73. The van der Waals surface area contributed by atoms with E-state index >= 15 is 0 Å². The van der Waals surface area contributed by atoms with Gasteiger partial charge in [-0.15, -0.1) is 0 Å². The molecule has 0 heterocycles. The molecule has 0 bridgehead atoms. The third kappa shape index (κ3) is 6.60. The molecule has 23 heavy (non-hydrogen) atoms. The molecule has 6 heteroatoms. The molecule has 1 amide bonds.